The minimum absolute atomic E-state index is 0.00831. The van der Waals surface area contributed by atoms with Gasteiger partial charge in [0.2, 0.25) is 11.8 Å². The van der Waals surface area contributed by atoms with Crippen molar-refractivity contribution in [1.29, 1.82) is 0 Å². The van der Waals surface area contributed by atoms with E-state index in [1.807, 2.05) is 20.8 Å². The third-order valence-electron chi connectivity index (χ3n) is 6.36. The van der Waals surface area contributed by atoms with Gasteiger partial charge in [-0.05, 0) is 81.8 Å². The summed E-state index contributed by atoms with van der Waals surface area (Å²) in [7, 11) is -1.10. The molecule has 0 unspecified atom stereocenters. The fraction of sp³-hybridized carbons (Fsp3) is 0.333. The number of methoxy groups -OCH3 is 2. The largest absolute Gasteiger partial charge is 0.497 e. The third-order valence-corrected chi connectivity index (χ3v) is 8.15. The van der Waals surface area contributed by atoms with Crippen LogP contribution in [0.1, 0.15) is 31.9 Å². The molecule has 0 radical (unpaired) electrons. The fourth-order valence-corrected chi connectivity index (χ4v) is 5.44. The summed E-state index contributed by atoms with van der Waals surface area (Å²) in [5.74, 6) is 0.299. The van der Waals surface area contributed by atoms with Crippen molar-refractivity contribution in [3.05, 3.63) is 83.9 Å². The Bertz CT molecular complexity index is 1390. The zero-order valence-electron chi connectivity index (χ0n) is 23.7. The van der Waals surface area contributed by atoms with Crippen molar-refractivity contribution in [2.45, 2.75) is 51.2 Å². The summed E-state index contributed by atoms with van der Waals surface area (Å²) in [6.07, 6.45) is 0. The van der Waals surface area contributed by atoms with Crippen LogP contribution in [0.5, 0.6) is 11.5 Å². The summed E-state index contributed by atoms with van der Waals surface area (Å²) in [4.78, 5) is 28.3. The number of ether oxygens (including phenoxy) is 2. The number of benzene rings is 3. The molecule has 214 valence electrons. The standard InChI is InChI=1S/C30H37N3O6S/c1-21(2)31-30(35)23(4)32(19-24-9-13-26(38-5)14-10-24)29(34)20-33(25-11-7-22(3)8-12-25)40(36,37)28-17-15-27(39-6)16-18-28/h7-18,21,23H,19-20H2,1-6H3,(H,31,35)/t23-/m1/s1. The van der Waals surface area contributed by atoms with Gasteiger partial charge in [0.05, 0.1) is 24.8 Å². The summed E-state index contributed by atoms with van der Waals surface area (Å²) in [5.41, 5.74) is 2.04. The van der Waals surface area contributed by atoms with E-state index in [-0.39, 0.29) is 23.4 Å². The quantitative estimate of drug-likeness (QED) is 0.353. The predicted octanol–water partition coefficient (Wildman–Crippen LogP) is 4.15. The van der Waals surface area contributed by atoms with Crippen molar-refractivity contribution >= 4 is 27.5 Å². The van der Waals surface area contributed by atoms with Crippen LogP contribution >= 0.6 is 0 Å². The van der Waals surface area contributed by atoms with Gasteiger partial charge in [-0.3, -0.25) is 13.9 Å². The van der Waals surface area contributed by atoms with E-state index in [2.05, 4.69) is 5.32 Å². The van der Waals surface area contributed by atoms with Crippen molar-refractivity contribution in [2.75, 3.05) is 25.1 Å². The van der Waals surface area contributed by atoms with E-state index >= 15 is 0 Å². The zero-order valence-corrected chi connectivity index (χ0v) is 24.6. The van der Waals surface area contributed by atoms with E-state index in [0.717, 1.165) is 15.4 Å². The van der Waals surface area contributed by atoms with Gasteiger partial charge in [-0.2, -0.15) is 0 Å². The zero-order chi connectivity index (χ0) is 29.4. The molecule has 3 aromatic rings. The maximum atomic E-state index is 13.9. The molecule has 3 rings (SSSR count). The van der Waals surface area contributed by atoms with Crippen LogP contribution in [0, 0.1) is 6.92 Å². The lowest BCUT2D eigenvalue weighted by Gasteiger charge is -2.32. The van der Waals surface area contributed by atoms with Crippen LogP contribution in [-0.4, -0.2) is 58.0 Å². The lowest BCUT2D eigenvalue weighted by atomic mass is 10.1. The molecular formula is C30H37N3O6S. The molecule has 1 N–H and O–H groups in total. The first-order chi connectivity index (χ1) is 19.0. The minimum Gasteiger partial charge on any atom is -0.497 e. The van der Waals surface area contributed by atoms with E-state index in [0.29, 0.717) is 17.2 Å². The number of hydrogen-bond acceptors (Lipinski definition) is 6. The lowest BCUT2D eigenvalue weighted by Crippen LogP contribution is -2.52. The van der Waals surface area contributed by atoms with Gasteiger partial charge in [0, 0.05) is 12.6 Å². The topological polar surface area (TPSA) is 105 Å². The van der Waals surface area contributed by atoms with Crippen molar-refractivity contribution < 1.29 is 27.5 Å². The van der Waals surface area contributed by atoms with E-state index in [1.54, 1.807) is 74.7 Å². The minimum atomic E-state index is -4.15. The van der Waals surface area contributed by atoms with E-state index in [4.69, 9.17) is 9.47 Å². The fourth-order valence-electron chi connectivity index (χ4n) is 4.03. The number of nitrogens with one attached hydrogen (secondary N) is 1. The molecule has 3 aromatic carbocycles. The maximum absolute atomic E-state index is 13.9. The van der Waals surface area contributed by atoms with Crippen LogP contribution in [-0.2, 0) is 26.2 Å². The summed E-state index contributed by atoms with van der Waals surface area (Å²) in [6.45, 7) is 6.78. The average Bonchev–Trinajstić information content (AvgIpc) is 2.94. The molecule has 0 spiro atoms. The van der Waals surface area contributed by atoms with Gasteiger partial charge in [0.1, 0.15) is 24.1 Å². The number of amides is 2. The van der Waals surface area contributed by atoms with Crippen molar-refractivity contribution in [3.63, 3.8) is 0 Å². The number of nitrogens with zero attached hydrogens (tertiary/aromatic N) is 2. The molecule has 0 aliphatic rings. The number of rotatable bonds is 12. The Balaban J connectivity index is 2.01. The van der Waals surface area contributed by atoms with E-state index < -0.39 is 28.5 Å². The van der Waals surface area contributed by atoms with Crippen LogP contribution in [0.4, 0.5) is 5.69 Å². The van der Waals surface area contributed by atoms with Crippen LogP contribution in [0.2, 0.25) is 0 Å². The summed E-state index contributed by atoms with van der Waals surface area (Å²) in [5, 5.41) is 2.84. The first-order valence-electron chi connectivity index (χ1n) is 12.9. The first-order valence-corrected chi connectivity index (χ1v) is 14.4. The van der Waals surface area contributed by atoms with Crippen LogP contribution < -0.4 is 19.1 Å². The molecule has 0 saturated carbocycles. The smallest absolute Gasteiger partial charge is 0.264 e. The van der Waals surface area contributed by atoms with Gasteiger partial charge in [-0.1, -0.05) is 29.8 Å². The molecule has 0 aromatic heterocycles. The average molecular weight is 568 g/mol. The number of hydrogen-bond donors (Lipinski definition) is 1. The number of aryl methyl sites for hydroxylation is 1. The van der Waals surface area contributed by atoms with Crippen molar-refractivity contribution in [1.82, 2.24) is 10.2 Å². The SMILES string of the molecule is COc1ccc(CN(C(=O)CN(c2ccc(C)cc2)S(=O)(=O)c2ccc(OC)cc2)[C@H](C)C(=O)NC(C)C)cc1. The first kappa shape index (κ1) is 30.5. The number of carbonyl (C=O) groups excluding carboxylic acids is 2. The highest BCUT2D eigenvalue weighted by atomic mass is 32.2. The molecule has 0 fully saturated rings. The van der Waals surface area contributed by atoms with Gasteiger partial charge in [0.25, 0.3) is 10.0 Å². The van der Waals surface area contributed by atoms with Crippen LogP contribution in [0.15, 0.2) is 77.7 Å². The molecule has 0 bridgehead atoms. The van der Waals surface area contributed by atoms with Crippen LogP contribution in [0.3, 0.4) is 0 Å². The highest BCUT2D eigenvalue weighted by Crippen LogP contribution is 2.26. The Labute approximate surface area is 236 Å². The Morgan fingerprint density at radius 1 is 0.825 bits per heavy atom. The second-order valence-electron chi connectivity index (χ2n) is 9.73. The molecular weight excluding hydrogens is 530 g/mol. The normalized spacial score (nSPS) is 12.0. The molecule has 9 nitrogen and oxygen atoms in total. The van der Waals surface area contributed by atoms with Crippen molar-refractivity contribution in [2.24, 2.45) is 0 Å². The Kier molecular flexibility index (Phi) is 10.2. The Hall–Kier alpha value is -4.05. The Morgan fingerprint density at radius 2 is 1.35 bits per heavy atom. The highest BCUT2D eigenvalue weighted by molar-refractivity contribution is 7.92. The summed E-state index contributed by atoms with van der Waals surface area (Å²) >= 11 is 0. The number of anilines is 1. The molecule has 40 heavy (non-hydrogen) atoms. The molecule has 1 atom stereocenters. The number of sulfonamides is 1. The Morgan fingerprint density at radius 3 is 1.85 bits per heavy atom. The van der Waals surface area contributed by atoms with Gasteiger partial charge >= 0.3 is 0 Å². The van der Waals surface area contributed by atoms with Crippen molar-refractivity contribution in [3.8, 4) is 11.5 Å². The van der Waals surface area contributed by atoms with Gasteiger partial charge in [0.15, 0.2) is 0 Å². The van der Waals surface area contributed by atoms with E-state index in [1.165, 1.54) is 24.1 Å². The second-order valence-corrected chi connectivity index (χ2v) is 11.6. The lowest BCUT2D eigenvalue weighted by molar-refractivity contribution is -0.139. The third kappa shape index (κ3) is 7.53. The molecule has 0 heterocycles. The molecule has 10 heteroatoms. The monoisotopic (exact) mass is 567 g/mol. The highest BCUT2D eigenvalue weighted by Gasteiger charge is 2.32. The summed E-state index contributed by atoms with van der Waals surface area (Å²) < 4.78 is 39.2. The molecule has 0 aliphatic heterocycles. The van der Waals surface area contributed by atoms with E-state index in [9.17, 15) is 18.0 Å². The van der Waals surface area contributed by atoms with Gasteiger partial charge in [-0.25, -0.2) is 8.42 Å². The maximum Gasteiger partial charge on any atom is 0.264 e. The summed E-state index contributed by atoms with van der Waals surface area (Å²) in [6, 6.07) is 19.0. The number of carbonyl (C=O) groups is 2. The second kappa shape index (κ2) is 13.3. The molecule has 0 aliphatic carbocycles. The van der Waals surface area contributed by atoms with Gasteiger partial charge < -0.3 is 19.7 Å². The predicted molar refractivity (Wildman–Crippen MR) is 155 cm³/mol. The molecule has 0 saturated heterocycles. The van der Waals surface area contributed by atoms with Crippen LogP contribution in [0.25, 0.3) is 0 Å². The molecule has 2 amide bonds. The van der Waals surface area contributed by atoms with Gasteiger partial charge in [-0.15, -0.1) is 0 Å².